The minimum atomic E-state index is -0.671. The second-order valence-electron chi connectivity index (χ2n) is 6.48. The Balaban J connectivity index is 1.57. The maximum Gasteiger partial charge on any atom is 0.339 e. The highest BCUT2D eigenvalue weighted by atomic mass is 16.5. The van der Waals surface area contributed by atoms with E-state index < -0.39 is 5.97 Å². The third-order valence-corrected chi connectivity index (χ3v) is 4.62. The van der Waals surface area contributed by atoms with Crippen LogP contribution < -0.4 is 10.9 Å². The summed E-state index contributed by atoms with van der Waals surface area (Å²) in [5.41, 5.74) is 0.343. The van der Waals surface area contributed by atoms with Crippen molar-refractivity contribution in [1.82, 2.24) is 10.3 Å². The third-order valence-electron chi connectivity index (χ3n) is 4.62. The zero-order chi connectivity index (χ0) is 17.6. The van der Waals surface area contributed by atoms with Crippen LogP contribution in [0.1, 0.15) is 42.5 Å². The summed E-state index contributed by atoms with van der Waals surface area (Å²) < 4.78 is 5.09. The first kappa shape index (κ1) is 17.2. The number of hydrogen-bond donors (Lipinski definition) is 2. The molecule has 1 aromatic heterocycles. The fraction of sp³-hybridized carbons (Fsp3) is 0.421. The Morgan fingerprint density at radius 3 is 2.72 bits per heavy atom. The van der Waals surface area contributed by atoms with Gasteiger partial charge in [-0.25, -0.2) is 4.79 Å². The van der Waals surface area contributed by atoms with Gasteiger partial charge in [0.05, 0.1) is 5.56 Å². The minimum absolute atomic E-state index is 0.166. The minimum Gasteiger partial charge on any atom is -0.452 e. The molecule has 132 valence electrons. The van der Waals surface area contributed by atoms with E-state index >= 15 is 0 Å². The number of para-hydroxylation sites is 1. The highest BCUT2D eigenvalue weighted by Gasteiger charge is 2.17. The van der Waals surface area contributed by atoms with Crippen LogP contribution in [0.3, 0.4) is 0 Å². The zero-order valence-electron chi connectivity index (χ0n) is 14.0. The largest absolute Gasteiger partial charge is 0.452 e. The van der Waals surface area contributed by atoms with Gasteiger partial charge < -0.3 is 15.0 Å². The monoisotopic (exact) mass is 342 g/mol. The summed E-state index contributed by atoms with van der Waals surface area (Å²) in [6.07, 6.45) is 5.97. The van der Waals surface area contributed by atoms with Gasteiger partial charge >= 0.3 is 5.97 Å². The van der Waals surface area contributed by atoms with Crippen molar-refractivity contribution in [3.05, 3.63) is 46.2 Å². The summed E-state index contributed by atoms with van der Waals surface area (Å²) in [5.74, 6) is -0.465. The molecule has 1 heterocycles. The van der Waals surface area contributed by atoms with Gasteiger partial charge in [-0.3, -0.25) is 9.59 Å². The lowest BCUT2D eigenvalue weighted by atomic mass is 9.89. The van der Waals surface area contributed by atoms with Gasteiger partial charge in [0.2, 0.25) is 5.56 Å². The first-order chi connectivity index (χ1) is 12.1. The predicted molar refractivity (Wildman–Crippen MR) is 94.4 cm³/mol. The Kier molecular flexibility index (Phi) is 5.48. The van der Waals surface area contributed by atoms with E-state index in [-0.39, 0.29) is 23.6 Å². The Morgan fingerprint density at radius 1 is 1.16 bits per heavy atom. The summed E-state index contributed by atoms with van der Waals surface area (Å²) in [4.78, 5) is 38.5. The molecule has 1 aliphatic carbocycles. The van der Waals surface area contributed by atoms with Crippen LogP contribution in [-0.2, 0) is 9.53 Å². The van der Waals surface area contributed by atoms with Crippen LogP contribution in [0.15, 0.2) is 35.1 Å². The van der Waals surface area contributed by atoms with Crippen LogP contribution in [0, 0.1) is 5.92 Å². The number of carbonyl (C=O) groups excluding carboxylic acids is 2. The molecule has 0 radical (unpaired) electrons. The van der Waals surface area contributed by atoms with Crippen LogP contribution in [0.4, 0.5) is 0 Å². The SMILES string of the molecule is O=C(COC(=O)c1cc(=O)[nH]c2ccccc12)NCC1CCCCC1. The van der Waals surface area contributed by atoms with Crippen molar-refractivity contribution in [1.29, 1.82) is 0 Å². The van der Waals surface area contributed by atoms with Crippen LogP contribution in [-0.4, -0.2) is 30.0 Å². The number of nitrogens with one attached hydrogen (secondary N) is 2. The Morgan fingerprint density at radius 2 is 1.92 bits per heavy atom. The molecule has 1 amide bonds. The molecule has 25 heavy (non-hydrogen) atoms. The van der Waals surface area contributed by atoms with Crippen LogP contribution in [0.25, 0.3) is 10.9 Å². The number of fused-ring (bicyclic) bond motifs is 1. The highest BCUT2D eigenvalue weighted by molar-refractivity contribution is 6.03. The van der Waals surface area contributed by atoms with Crippen LogP contribution in [0.5, 0.6) is 0 Å². The van der Waals surface area contributed by atoms with Gasteiger partial charge in [-0.05, 0) is 24.8 Å². The lowest BCUT2D eigenvalue weighted by Gasteiger charge is -2.21. The highest BCUT2D eigenvalue weighted by Crippen LogP contribution is 2.22. The summed E-state index contributed by atoms with van der Waals surface area (Å²) >= 11 is 0. The van der Waals surface area contributed by atoms with Crippen molar-refractivity contribution in [2.75, 3.05) is 13.2 Å². The van der Waals surface area contributed by atoms with E-state index in [0.717, 1.165) is 12.8 Å². The first-order valence-corrected chi connectivity index (χ1v) is 8.69. The fourth-order valence-electron chi connectivity index (χ4n) is 3.28. The van der Waals surface area contributed by atoms with E-state index in [1.807, 2.05) is 0 Å². The van der Waals surface area contributed by atoms with Gasteiger partial charge in [0.25, 0.3) is 5.91 Å². The van der Waals surface area contributed by atoms with Crippen molar-refractivity contribution in [2.45, 2.75) is 32.1 Å². The second kappa shape index (κ2) is 7.96. The average Bonchev–Trinajstić information content (AvgIpc) is 2.64. The molecule has 3 rings (SSSR count). The number of hydrogen-bond acceptors (Lipinski definition) is 4. The second-order valence-corrected chi connectivity index (χ2v) is 6.48. The molecule has 0 spiro atoms. The van der Waals surface area contributed by atoms with Crippen molar-refractivity contribution in [2.24, 2.45) is 5.92 Å². The number of pyridine rings is 1. The molecule has 0 bridgehead atoms. The number of aromatic nitrogens is 1. The van der Waals surface area contributed by atoms with Gasteiger partial charge in [-0.15, -0.1) is 0 Å². The molecule has 0 unspecified atom stereocenters. The molecule has 0 saturated heterocycles. The summed E-state index contributed by atoms with van der Waals surface area (Å²) in [5, 5.41) is 3.42. The molecular formula is C19H22N2O4. The maximum atomic E-state index is 12.3. The molecule has 2 N–H and O–H groups in total. The van der Waals surface area contributed by atoms with Crippen LogP contribution in [0.2, 0.25) is 0 Å². The third kappa shape index (κ3) is 4.47. The maximum absolute atomic E-state index is 12.3. The number of benzene rings is 1. The van der Waals surface area contributed by atoms with Crippen molar-refractivity contribution >= 4 is 22.8 Å². The molecule has 6 nitrogen and oxygen atoms in total. The van der Waals surface area contributed by atoms with Gasteiger partial charge in [0, 0.05) is 23.5 Å². The van der Waals surface area contributed by atoms with Gasteiger partial charge in [0.15, 0.2) is 6.61 Å². The topological polar surface area (TPSA) is 88.3 Å². The molecule has 6 heteroatoms. The van der Waals surface area contributed by atoms with E-state index in [4.69, 9.17) is 4.74 Å². The van der Waals surface area contributed by atoms with Crippen LogP contribution >= 0.6 is 0 Å². The fourth-order valence-corrected chi connectivity index (χ4v) is 3.28. The lowest BCUT2D eigenvalue weighted by Crippen LogP contribution is -2.33. The number of ether oxygens (including phenoxy) is 1. The first-order valence-electron chi connectivity index (χ1n) is 8.69. The number of aromatic amines is 1. The van der Waals surface area contributed by atoms with Crippen molar-refractivity contribution in [3.8, 4) is 0 Å². The van der Waals surface area contributed by atoms with E-state index in [9.17, 15) is 14.4 Å². The van der Waals surface area contributed by atoms with Gasteiger partial charge in [-0.1, -0.05) is 37.5 Å². The molecule has 1 aliphatic rings. The van der Waals surface area contributed by atoms with Crippen molar-refractivity contribution in [3.63, 3.8) is 0 Å². The zero-order valence-corrected chi connectivity index (χ0v) is 14.0. The van der Waals surface area contributed by atoms with Crippen molar-refractivity contribution < 1.29 is 14.3 Å². The summed E-state index contributed by atoms with van der Waals surface area (Å²) in [6.45, 7) is 0.289. The summed E-state index contributed by atoms with van der Waals surface area (Å²) in [6, 6.07) is 8.18. The lowest BCUT2D eigenvalue weighted by molar-refractivity contribution is -0.124. The number of carbonyl (C=O) groups is 2. The predicted octanol–water partition coefficient (Wildman–Crippen LogP) is 2.38. The molecular weight excluding hydrogens is 320 g/mol. The number of esters is 1. The molecule has 0 aliphatic heterocycles. The number of H-pyrrole nitrogens is 1. The van der Waals surface area contributed by atoms with E-state index in [2.05, 4.69) is 10.3 Å². The molecule has 1 saturated carbocycles. The molecule has 1 fully saturated rings. The average molecular weight is 342 g/mol. The normalized spacial score (nSPS) is 15.0. The van der Waals surface area contributed by atoms with E-state index in [0.29, 0.717) is 23.4 Å². The quantitative estimate of drug-likeness (QED) is 0.817. The van der Waals surface area contributed by atoms with E-state index in [1.165, 1.54) is 25.3 Å². The van der Waals surface area contributed by atoms with Gasteiger partial charge in [0.1, 0.15) is 0 Å². The standard InChI is InChI=1S/C19H22N2O4/c22-17-10-15(14-8-4-5-9-16(14)21-17)19(24)25-12-18(23)20-11-13-6-2-1-3-7-13/h4-5,8-10,13H,1-3,6-7,11-12H2,(H,20,23)(H,21,22). The smallest absolute Gasteiger partial charge is 0.339 e. The molecule has 1 aromatic carbocycles. The van der Waals surface area contributed by atoms with E-state index in [1.54, 1.807) is 24.3 Å². The number of rotatable bonds is 5. The number of amides is 1. The van der Waals surface area contributed by atoms with Gasteiger partial charge in [-0.2, -0.15) is 0 Å². The Labute approximate surface area is 145 Å². The molecule has 2 aromatic rings. The Bertz CT molecular complexity index is 822. The Hall–Kier alpha value is -2.63. The summed E-state index contributed by atoms with van der Waals surface area (Å²) in [7, 11) is 0. The molecule has 0 atom stereocenters.